The predicted octanol–water partition coefficient (Wildman–Crippen LogP) is 3.74. The van der Waals surface area contributed by atoms with Gasteiger partial charge in [-0.3, -0.25) is 14.3 Å². The van der Waals surface area contributed by atoms with Gasteiger partial charge in [0.2, 0.25) is 4.77 Å². The van der Waals surface area contributed by atoms with Gasteiger partial charge < -0.3 is 4.98 Å². The second kappa shape index (κ2) is 8.33. The Labute approximate surface area is 179 Å². The Morgan fingerprint density at radius 3 is 2.57 bits per heavy atom. The molecule has 0 bridgehead atoms. The number of nitrogens with one attached hydrogen (secondary N) is 1. The smallest absolute Gasteiger partial charge is 0.258 e. The number of para-hydroxylation sites is 1. The van der Waals surface area contributed by atoms with Crippen molar-refractivity contribution in [2.45, 2.75) is 34.0 Å². The Bertz CT molecular complexity index is 1300. The molecule has 0 aliphatic carbocycles. The third-order valence-corrected chi connectivity index (χ3v) is 5.50. The molecule has 0 unspecified atom stereocenters. The zero-order valence-corrected chi connectivity index (χ0v) is 18.1. The van der Waals surface area contributed by atoms with Crippen LogP contribution in [0.5, 0.6) is 0 Å². The number of rotatable bonds is 6. The first-order valence-electron chi connectivity index (χ1n) is 9.90. The second-order valence-electron chi connectivity index (χ2n) is 7.32. The van der Waals surface area contributed by atoms with Gasteiger partial charge in [0.1, 0.15) is 11.6 Å². The van der Waals surface area contributed by atoms with E-state index in [0.29, 0.717) is 34.7 Å². The SMILES string of the molecule is CCN(Cc1nc2ccccc2c(=O)[nH]1)Cn1nc(C)n(-c2ccc(C)cc2)c1=S. The van der Waals surface area contributed by atoms with Crippen molar-refractivity contribution >= 4 is 23.1 Å². The molecule has 0 spiro atoms. The maximum Gasteiger partial charge on any atom is 0.258 e. The van der Waals surface area contributed by atoms with E-state index in [-0.39, 0.29) is 5.56 Å². The van der Waals surface area contributed by atoms with Gasteiger partial charge in [0.15, 0.2) is 0 Å². The summed E-state index contributed by atoms with van der Waals surface area (Å²) in [5.74, 6) is 1.46. The van der Waals surface area contributed by atoms with E-state index in [1.54, 1.807) is 6.07 Å². The molecule has 0 radical (unpaired) electrons. The largest absolute Gasteiger partial charge is 0.309 e. The quantitative estimate of drug-likeness (QED) is 0.481. The minimum atomic E-state index is -0.122. The number of H-pyrrole nitrogens is 1. The molecular weight excluding hydrogens is 396 g/mol. The van der Waals surface area contributed by atoms with Crippen LogP contribution in [0.15, 0.2) is 53.3 Å². The van der Waals surface area contributed by atoms with E-state index in [1.165, 1.54) is 5.56 Å². The highest BCUT2D eigenvalue weighted by Gasteiger charge is 2.13. The van der Waals surface area contributed by atoms with Crippen molar-refractivity contribution in [3.8, 4) is 5.69 Å². The first-order valence-corrected chi connectivity index (χ1v) is 10.3. The molecule has 0 aliphatic heterocycles. The van der Waals surface area contributed by atoms with Gasteiger partial charge in [-0.25, -0.2) is 9.67 Å². The summed E-state index contributed by atoms with van der Waals surface area (Å²) in [7, 11) is 0. The van der Waals surface area contributed by atoms with Gasteiger partial charge in [-0.05, 0) is 56.9 Å². The van der Waals surface area contributed by atoms with Crippen LogP contribution in [-0.2, 0) is 13.2 Å². The average Bonchev–Trinajstić information content (AvgIpc) is 3.01. The van der Waals surface area contributed by atoms with Crippen LogP contribution >= 0.6 is 12.2 Å². The number of aromatic nitrogens is 5. The molecule has 0 saturated heterocycles. The fraction of sp³-hybridized carbons (Fsp3) is 0.273. The van der Waals surface area contributed by atoms with Crippen LogP contribution in [0.4, 0.5) is 0 Å². The zero-order chi connectivity index (χ0) is 21.3. The molecule has 2 heterocycles. The Morgan fingerprint density at radius 1 is 1.10 bits per heavy atom. The summed E-state index contributed by atoms with van der Waals surface area (Å²) in [6.07, 6.45) is 0. The number of hydrogen-bond acceptors (Lipinski definition) is 5. The first-order chi connectivity index (χ1) is 14.5. The first kappa shape index (κ1) is 20.2. The summed E-state index contributed by atoms with van der Waals surface area (Å²) in [5, 5.41) is 5.24. The lowest BCUT2D eigenvalue weighted by Crippen LogP contribution is -2.28. The van der Waals surface area contributed by atoms with Crippen LogP contribution in [0.3, 0.4) is 0 Å². The molecule has 1 N–H and O–H groups in total. The molecule has 0 aliphatic rings. The monoisotopic (exact) mass is 420 g/mol. The summed E-state index contributed by atoms with van der Waals surface area (Å²) in [4.78, 5) is 22.0. The molecular formula is C22H24N6OS. The second-order valence-corrected chi connectivity index (χ2v) is 7.68. The summed E-state index contributed by atoms with van der Waals surface area (Å²) >= 11 is 5.71. The van der Waals surface area contributed by atoms with E-state index in [0.717, 1.165) is 18.1 Å². The van der Waals surface area contributed by atoms with E-state index in [4.69, 9.17) is 12.2 Å². The number of benzene rings is 2. The minimum Gasteiger partial charge on any atom is -0.309 e. The standard InChI is InChI=1S/C22H24N6OS/c1-4-26(13-20-23-19-8-6-5-7-18(19)21(29)24-20)14-27-22(30)28(16(3)25-27)17-11-9-15(2)10-12-17/h5-12H,4,13-14H2,1-3H3,(H,23,24,29). The number of fused-ring (bicyclic) bond motifs is 1. The van der Waals surface area contributed by atoms with E-state index >= 15 is 0 Å². The Kier molecular flexibility index (Phi) is 5.61. The summed E-state index contributed by atoms with van der Waals surface area (Å²) < 4.78 is 4.42. The molecule has 4 rings (SSSR count). The minimum absolute atomic E-state index is 0.122. The van der Waals surface area contributed by atoms with Gasteiger partial charge in [-0.15, -0.1) is 0 Å². The summed E-state index contributed by atoms with van der Waals surface area (Å²) in [5.41, 5.74) is 2.77. The molecule has 2 aromatic carbocycles. The highest BCUT2D eigenvalue weighted by Crippen LogP contribution is 2.14. The summed E-state index contributed by atoms with van der Waals surface area (Å²) in [6.45, 7) is 7.83. The van der Waals surface area contributed by atoms with Gasteiger partial charge in [0, 0.05) is 5.69 Å². The van der Waals surface area contributed by atoms with Crippen LogP contribution in [0.1, 0.15) is 24.1 Å². The molecule has 0 saturated carbocycles. The van der Waals surface area contributed by atoms with Crippen molar-refractivity contribution in [3.63, 3.8) is 0 Å². The Balaban J connectivity index is 1.60. The van der Waals surface area contributed by atoms with Crippen molar-refractivity contribution in [2.24, 2.45) is 0 Å². The fourth-order valence-electron chi connectivity index (χ4n) is 3.47. The van der Waals surface area contributed by atoms with Crippen LogP contribution in [-0.4, -0.2) is 35.8 Å². The van der Waals surface area contributed by atoms with Crippen LogP contribution < -0.4 is 5.56 Å². The maximum atomic E-state index is 12.4. The van der Waals surface area contributed by atoms with E-state index in [1.807, 2.05) is 46.5 Å². The lowest BCUT2D eigenvalue weighted by atomic mass is 10.2. The van der Waals surface area contributed by atoms with Gasteiger partial charge >= 0.3 is 0 Å². The highest BCUT2D eigenvalue weighted by molar-refractivity contribution is 7.71. The number of aromatic amines is 1. The van der Waals surface area contributed by atoms with Crippen molar-refractivity contribution in [3.05, 3.63) is 80.9 Å². The van der Waals surface area contributed by atoms with Crippen LogP contribution in [0.2, 0.25) is 0 Å². The molecule has 2 aromatic heterocycles. The lowest BCUT2D eigenvalue weighted by Gasteiger charge is -2.19. The zero-order valence-electron chi connectivity index (χ0n) is 17.3. The van der Waals surface area contributed by atoms with Gasteiger partial charge in [-0.2, -0.15) is 5.10 Å². The molecule has 0 atom stereocenters. The van der Waals surface area contributed by atoms with Crippen molar-refractivity contribution in [1.29, 1.82) is 0 Å². The fourth-order valence-corrected chi connectivity index (χ4v) is 3.81. The lowest BCUT2D eigenvalue weighted by molar-refractivity contribution is 0.202. The van der Waals surface area contributed by atoms with Crippen LogP contribution in [0, 0.1) is 18.6 Å². The molecule has 154 valence electrons. The molecule has 0 amide bonds. The number of nitrogens with zero attached hydrogens (tertiary/aromatic N) is 5. The molecule has 7 nitrogen and oxygen atoms in total. The average molecular weight is 421 g/mol. The van der Waals surface area contributed by atoms with E-state index in [9.17, 15) is 4.79 Å². The van der Waals surface area contributed by atoms with Gasteiger partial charge in [0.05, 0.1) is 24.1 Å². The van der Waals surface area contributed by atoms with E-state index < -0.39 is 0 Å². The third-order valence-electron chi connectivity index (χ3n) is 5.11. The Hall–Kier alpha value is -3.10. The van der Waals surface area contributed by atoms with Crippen molar-refractivity contribution in [2.75, 3.05) is 6.54 Å². The van der Waals surface area contributed by atoms with Crippen molar-refractivity contribution in [1.82, 2.24) is 29.2 Å². The van der Waals surface area contributed by atoms with Gasteiger partial charge in [0.25, 0.3) is 5.56 Å². The molecule has 0 fully saturated rings. The Morgan fingerprint density at radius 2 is 1.83 bits per heavy atom. The maximum absolute atomic E-state index is 12.4. The summed E-state index contributed by atoms with van der Waals surface area (Å²) in [6, 6.07) is 15.6. The van der Waals surface area contributed by atoms with E-state index in [2.05, 4.69) is 45.9 Å². The predicted molar refractivity (Wildman–Crippen MR) is 120 cm³/mol. The third kappa shape index (κ3) is 3.96. The highest BCUT2D eigenvalue weighted by atomic mass is 32.1. The van der Waals surface area contributed by atoms with Crippen molar-refractivity contribution < 1.29 is 0 Å². The van der Waals surface area contributed by atoms with Gasteiger partial charge in [-0.1, -0.05) is 36.8 Å². The topological polar surface area (TPSA) is 71.7 Å². The van der Waals surface area contributed by atoms with Crippen LogP contribution in [0.25, 0.3) is 16.6 Å². The number of aryl methyl sites for hydroxylation is 2. The molecule has 8 heteroatoms. The normalized spacial score (nSPS) is 11.5. The molecule has 30 heavy (non-hydrogen) atoms. The number of hydrogen-bond donors (Lipinski definition) is 1. The molecule has 4 aromatic rings.